The molecule has 8 heteroatoms. The normalized spacial score (nSPS) is 29.9. The molecular formula is C24H23NO6S. The highest BCUT2D eigenvalue weighted by atomic mass is 32.1. The summed E-state index contributed by atoms with van der Waals surface area (Å²) >= 11 is 1.76. The van der Waals surface area contributed by atoms with Gasteiger partial charge in [0.1, 0.15) is 24.4 Å². The van der Waals surface area contributed by atoms with Crippen LogP contribution in [0, 0.1) is 0 Å². The van der Waals surface area contributed by atoms with Crippen molar-refractivity contribution in [3.8, 4) is 0 Å². The average Bonchev–Trinajstić information content (AvgIpc) is 3.49. The third-order valence-corrected chi connectivity index (χ3v) is 7.67. The number of aliphatic hydroxyl groups excluding tert-OH is 4. The maximum atomic E-state index is 10.8. The number of hydrogen-bond acceptors (Lipinski definition) is 7. The van der Waals surface area contributed by atoms with E-state index in [4.69, 9.17) is 9.47 Å². The van der Waals surface area contributed by atoms with E-state index in [1.54, 1.807) is 11.3 Å². The van der Waals surface area contributed by atoms with E-state index in [1.165, 1.54) is 15.0 Å². The Kier molecular flexibility index (Phi) is 4.67. The molecule has 7 nitrogen and oxygen atoms in total. The van der Waals surface area contributed by atoms with Gasteiger partial charge in [0.05, 0.1) is 19.8 Å². The van der Waals surface area contributed by atoms with Crippen molar-refractivity contribution in [3.63, 3.8) is 0 Å². The van der Waals surface area contributed by atoms with Crippen LogP contribution in [0.3, 0.4) is 0 Å². The van der Waals surface area contributed by atoms with Crippen molar-refractivity contribution in [2.75, 3.05) is 6.61 Å². The number of aromatic nitrogens is 1. The lowest BCUT2D eigenvalue weighted by Crippen LogP contribution is -2.63. The van der Waals surface area contributed by atoms with Gasteiger partial charge in [0.2, 0.25) is 5.79 Å². The first-order valence-electron chi connectivity index (χ1n) is 10.6. The molecule has 1 spiro atoms. The minimum atomic E-state index is -1.64. The van der Waals surface area contributed by atoms with E-state index < -0.39 is 36.8 Å². The van der Waals surface area contributed by atoms with Crippen molar-refractivity contribution in [2.45, 2.75) is 43.4 Å². The second-order valence-electron chi connectivity index (χ2n) is 8.48. The second kappa shape index (κ2) is 7.36. The fourth-order valence-electron chi connectivity index (χ4n) is 4.90. The van der Waals surface area contributed by atoms with Crippen LogP contribution in [0.2, 0.25) is 0 Å². The first kappa shape index (κ1) is 20.3. The van der Waals surface area contributed by atoms with E-state index >= 15 is 0 Å². The number of fused-ring (bicyclic) bond motifs is 4. The third kappa shape index (κ3) is 2.89. The summed E-state index contributed by atoms with van der Waals surface area (Å²) in [6.07, 6.45) is -3.45. The van der Waals surface area contributed by atoms with Crippen molar-refractivity contribution >= 4 is 32.3 Å². The van der Waals surface area contributed by atoms with Gasteiger partial charge in [-0.2, -0.15) is 0 Å². The van der Waals surface area contributed by atoms with E-state index in [9.17, 15) is 20.4 Å². The molecule has 4 N–H and O–H groups in total. The smallest absolute Gasteiger partial charge is 0.225 e. The van der Waals surface area contributed by atoms with E-state index in [2.05, 4.69) is 22.8 Å². The van der Waals surface area contributed by atoms with Crippen LogP contribution in [-0.4, -0.2) is 56.0 Å². The predicted octanol–water partition coefficient (Wildman–Crippen LogP) is 2.06. The van der Waals surface area contributed by atoms with Gasteiger partial charge in [-0.15, -0.1) is 11.3 Å². The van der Waals surface area contributed by atoms with Gasteiger partial charge in [0.25, 0.3) is 0 Å². The number of ether oxygens (including phenoxy) is 2. The Bertz CT molecular complexity index is 1280. The van der Waals surface area contributed by atoms with Crippen LogP contribution in [0.15, 0.2) is 54.7 Å². The van der Waals surface area contributed by atoms with Gasteiger partial charge in [-0.3, -0.25) is 0 Å². The zero-order valence-electron chi connectivity index (χ0n) is 17.1. The Morgan fingerprint density at radius 2 is 1.88 bits per heavy atom. The van der Waals surface area contributed by atoms with Crippen LogP contribution in [0.1, 0.15) is 16.0 Å². The summed E-state index contributed by atoms with van der Waals surface area (Å²) < 4.78 is 15.2. The fourth-order valence-corrected chi connectivity index (χ4v) is 5.96. The Morgan fingerprint density at radius 1 is 1.03 bits per heavy atom. The number of aliphatic hydroxyl groups is 4. The van der Waals surface area contributed by atoms with E-state index in [-0.39, 0.29) is 6.61 Å². The van der Waals surface area contributed by atoms with Crippen molar-refractivity contribution < 1.29 is 29.9 Å². The maximum absolute atomic E-state index is 10.8. The zero-order chi connectivity index (χ0) is 22.0. The minimum absolute atomic E-state index is 0.199. The highest BCUT2D eigenvalue weighted by Gasteiger charge is 2.58. The molecule has 2 aromatic heterocycles. The van der Waals surface area contributed by atoms with Crippen LogP contribution in [0.4, 0.5) is 0 Å². The fraction of sp³-hybridized carbons (Fsp3) is 0.333. The molecule has 1 saturated heterocycles. The van der Waals surface area contributed by atoms with Gasteiger partial charge in [-0.1, -0.05) is 18.2 Å². The summed E-state index contributed by atoms with van der Waals surface area (Å²) in [5.41, 5.74) is 2.40. The third-order valence-electron chi connectivity index (χ3n) is 6.57. The van der Waals surface area contributed by atoms with Crippen molar-refractivity contribution in [2.24, 2.45) is 0 Å². The summed E-state index contributed by atoms with van der Waals surface area (Å²) in [4.78, 5) is 1.23. The Hall–Kier alpha value is -2.30. The van der Waals surface area contributed by atoms with E-state index in [0.29, 0.717) is 12.1 Å². The molecule has 0 unspecified atom stereocenters. The molecule has 2 aliphatic heterocycles. The molecule has 2 aliphatic rings. The largest absolute Gasteiger partial charge is 0.394 e. The quantitative estimate of drug-likeness (QED) is 0.379. The van der Waals surface area contributed by atoms with Gasteiger partial charge < -0.3 is 34.5 Å². The monoisotopic (exact) mass is 453 g/mol. The van der Waals surface area contributed by atoms with Crippen LogP contribution in [0.25, 0.3) is 21.0 Å². The molecule has 32 heavy (non-hydrogen) atoms. The first-order valence-corrected chi connectivity index (χ1v) is 11.4. The minimum Gasteiger partial charge on any atom is -0.394 e. The maximum Gasteiger partial charge on any atom is 0.225 e. The Balaban J connectivity index is 1.42. The molecule has 0 radical (unpaired) electrons. The van der Waals surface area contributed by atoms with Gasteiger partial charge in [0, 0.05) is 26.9 Å². The lowest BCUT2D eigenvalue weighted by Gasteiger charge is -2.46. The van der Waals surface area contributed by atoms with Crippen molar-refractivity contribution in [1.82, 2.24) is 4.57 Å². The van der Waals surface area contributed by atoms with Crippen molar-refractivity contribution in [1.29, 1.82) is 0 Å². The van der Waals surface area contributed by atoms with Crippen LogP contribution in [-0.2, 0) is 28.4 Å². The van der Waals surface area contributed by atoms with Crippen molar-refractivity contribution in [3.05, 3.63) is 70.7 Å². The molecular weight excluding hydrogens is 430 g/mol. The summed E-state index contributed by atoms with van der Waals surface area (Å²) in [7, 11) is 0. The summed E-state index contributed by atoms with van der Waals surface area (Å²) in [5, 5.41) is 43.3. The van der Waals surface area contributed by atoms with Gasteiger partial charge in [-0.25, -0.2) is 0 Å². The first-order chi connectivity index (χ1) is 15.5. The highest BCUT2D eigenvalue weighted by Crippen LogP contribution is 2.47. The summed E-state index contributed by atoms with van der Waals surface area (Å²) in [6, 6.07) is 16.5. The molecule has 4 heterocycles. The molecule has 0 amide bonds. The summed E-state index contributed by atoms with van der Waals surface area (Å²) in [5.74, 6) is -1.64. The average molecular weight is 454 g/mol. The number of benzene rings is 2. The SMILES string of the molecule is OC[C@H]1O[C@]2(OCc3cc4ccn(Cc5cc6ccccc6s5)c4cc32)[C@H](O)[C@@H](O)[C@@H]1O. The second-order valence-corrected chi connectivity index (χ2v) is 9.65. The summed E-state index contributed by atoms with van der Waals surface area (Å²) in [6.45, 7) is 0.389. The molecule has 0 saturated carbocycles. The van der Waals surface area contributed by atoms with E-state index in [1.807, 2.05) is 36.5 Å². The molecule has 166 valence electrons. The van der Waals surface area contributed by atoms with Gasteiger partial charge in [-0.05, 0) is 46.7 Å². The standard InChI is InChI=1S/C24H23NO6S/c26-11-19-21(27)22(28)23(29)24(31-19)17-9-18-13(7-15(17)12-30-24)5-6-25(18)10-16-8-14-3-1-2-4-20(14)32-16/h1-9,19,21-23,26-29H,10-12H2/t19-,21-,22+,23-,24+/m1/s1. The van der Waals surface area contributed by atoms with Gasteiger partial charge >= 0.3 is 0 Å². The molecule has 5 atom stereocenters. The zero-order valence-corrected chi connectivity index (χ0v) is 17.9. The molecule has 6 rings (SSSR count). The Morgan fingerprint density at radius 3 is 2.69 bits per heavy atom. The van der Waals surface area contributed by atoms with E-state index in [0.717, 1.165) is 16.5 Å². The van der Waals surface area contributed by atoms with Crippen LogP contribution < -0.4 is 0 Å². The predicted molar refractivity (Wildman–Crippen MR) is 119 cm³/mol. The number of hydrogen-bond donors (Lipinski definition) is 4. The molecule has 4 aromatic rings. The molecule has 0 aliphatic carbocycles. The Labute approximate surface area is 187 Å². The molecule has 1 fully saturated rings. The molecule has 0 bridgehead atoms. The molecule has 2 aromatic carbocycles. The lowest BCUT2D eigenvalue weighted by molar-refractivity contribution is -0.368. The number of nitrogens with zero attached hydrogens (tertiary/aromatic N) is 1. The lowest BCUT2D eigenvalue weighted by atomic mass is 9.87. The highest BCUT2D eigenvalue weighted by molar-refractivity contribution is 7.19. The number of rotatable bonds is 3. The number of thiophene rings is 1. The van der Waals surface area contributed by atoms with Gasteiger partial charge in [0.15, 0.2) is 0 Å². The van der Waals surface area contributed by atoms with Crippen LogP contribution >= 0.6 is 11.3 Å². The van der Waals surface area contributed by atoms with Crippen LogP contribution in [0.5, 0.6) is 0 Å². The topological polar surface area (TPSA) is 104 Å².